The Kier molecular flexibility index (Phi) is 4.30. The van der Waals surface area contributed by atoms with Gasteiger partial charge in [-0.05, 0) is 17.9 Å². The number of carbonyl (C=O) groups is 3. The van der Waals surface area contributed by atoms with Crippen LogP contribution < -0.4 is 16.2 Å². The van der Waals surface area contributed by atoms with Crippen LogP contribution in [0.5, 0.6) is 0 Å². The van der Waals surface area contributed by atoms with E-state index in [1.807, 2.05) is 0 Å². The summed E-state index contributed by atoms with van der Waals surface area (Å²) in [7, 11) is 1.59. The van der Waals surface area contributed by atoms with Crippen LogP contribution in [-0.2, 0) is 16.1 Å². The van der Waals surface area contributed by atoms with Gasteiger partial charge in [-0.25, -0.2) is 9.78 Å². The number of hydrogen-bond acceptors (Lipinski definition) is 6. The third-order valence-electron chi connectivity index (χ3n) is 3.68. The van der Waals surface area contributed by atoms with Crippen LogP contribution in [0.2, 0.25) is 0 Å². The van der Waals surface area contributed by atoms with E-state index in [-0.39, 0.29) is 30.9 Å². The Morgan fingerprint density at radius 2 is 2.17 bits per heavy atom. The van der Waals surface area contributed by atoms with Crippen molar-refractivity contribution >= 4 is 39.4 Å². The summed E-state index contributed by atoms with van der Waals surface area (Å²) >= 11 is 1.31. The molecule has 0 aromatic carbocycles. The van der Waals surface area contributed by atoms with Gasteiger partial charge in [0.1, 0.15) is 16.6 Å². The summed E-state index contributed by atoms with van der Waals surface area (Å²) in [5.41, 5.74) is 0.376. The summed E-state index contributed by atoms with van der Waals surface area (Å²) in [6, 6.07) is 0.522. The van der Waals surface area contributed by atoms with Crippen molar-refractivity contribution in [3.05, 3.63) is 27.6 Å². The Morgan fingerprint density at radius 1 is 1.38 bits per heavy atom. The highest BCUT2D eigenvalue weighted by Gasteiger charge is 2.29. The minimum atomic E-state index is -0.685. The smallest absolute Gasteiger partial charge is 0.322 e. The van der Waals surface area contributed by atoms with Gasteiger partial charge < -0.3 is 15.2 Å². The first kappa shape index (κ1) is 16.1. The first-order valence-electron chi connectivity index (χ1n) is 7.26. The van der Waals surface area contributed by atoms with Gasteiger partial charge in [0.15, 0.2) is 0 Å². The molecule has 2 aromatic heterocycles. The van der Waals surface area contributed by atoms with Crippen LogP contribution in [0.4, 0.5) is 4.79 Å². The molecule has 1 atom stereocenters. The molecule has 3 heterocycles. The van der Waals surface area contributed by atoms with Crippen molar-refractivity contribution in [2.45, 2.75) is 25.4 Å². The third-order valence-corrected chi connectivity index (χ3v) is 4.58. The quantitative estimate of drug-likeness (QED) is 0.652. The molecule has 0 saturated carbocycles. The normalized spacial score (nSPS) is 17.0. The summed E-state index contributed by atoms with van der Waals surface area (Å²) in [5, 5.41) is 6.35. The number of thiophene rings is 1. The number of carbonyl (C=O) groups excluding carboxylic acids is 3. The number of nitrogens with zero attached hydrogens (tertiary/aromatic N) is 2. The zero-order valence-electron chi connectivity index (χ0n) is 12.8. The number of aromatic amines is 1. The first-order valence-corrected chi connectivity index (χ1v) is 8.13. The highest BCUT2D eigenvalue weighted by molar-refractivity contribution is 7.17. The standard InChI is InChI=1S/C14H15N5O4S/c1-19(10(20)3-2-8-12(21)18-14(23)16-8)6-9-15-7-4-5-24-11(7)13(22)17-9/h4-5,8H,2-3,6H2,1H3,(H,15,17,22)(H2,16,18,21,23). The van der Waals surface area contributed by atoms with Crippen LogP contribution in [0.1, 0.15) is 18.7 Å². The summed E-state index contributed by atoms with van der Waals surface area (Å²) in [6.45, 7) is 0.156. The van der Waals surface area contributed by atoms with Crippen molar-refractivity contribution in [2.75, 3.05) is 7.05 Å². The first-order chi connectivity index (χ1) is 11.4. The number of urea groups is 1. The van der Waals surface area contributed by atoms with Gasteiger partial charge in [0.25, 0.3) is 11.5 Å². The van der Waals surface area contributed by atoms with Gasteiger partial charge in [-0.15, -0.1) is 11.3 Å². The minimum Gasteiger partial charge on any atom is -0.338 e. The molecule has 126 valence electrons. The molecule has 0 radical (unpaired) electrons. The van der Waals surface area contributed by atoms with E-state index in [1.54, 1.807) is 18.5 Å². The summed E-state index contributed by atoms with van der Waals surface area (Å²) < 4.78 is 0.552. The maximum atomic E-state index is 12.2. The van der Waals surface area contributed by atoms with Gasteiger partial charge in [0.05, 0.1) is 12.1 Å². The van der Waals surface area contributed by atoms with Crippen molar-refractivity contribution in [3.63, 3.8) is 0 Å². The van der Waals surface area contributed by atoms with E-state index >= 15 is 0 Å². The molecule has 1 unspecified atom stereocenters. The molecular weight excluding hydrogens is 334 g/mol. The number of amides is 4. The monoisotopic (exact) mass is 349 g/mol. The average molecular weight is 349 g/mol. The average Bonchev–Trinajstić information content (AvgIpc) is 3.11. The lowest BCUT2D eigenvalue weighted by Crippen LogP contribution is -2.33. The second-order valence-corrected chi connectivity index (χ2v) is 6.37. The van der Waals surface area contributed by atoms with Crippen molar-refractivity contribution in [2.24, 2.45) is 0 Å². The third kappa shape index (κ3) is 3.27. The number of rotatable bonds is 5. The van der Waals surface area contributed by atoms with Crippen LogP contribution in [0.25, 0.3) is 10.2 Å². The molecule has 0 spiro atoms. The number of hydrogen-bond donors (Lipinski definition) is 3. The molecule has 10 heteroatoms. The van der Waals surface area contributed by atoms with E-state index < -0.39 is 18.0 Å². The highest BCUT2D eigenvalue weighted by Crippen LogP contribution is 2.14. The van der Waals surface area contributed by atoms with Gasteiger partial charge in [0.2, 0.25) is 5.91 Å². The number of imide groups is 1. The summed E-state index contributed by atoms with van der Waals surface area (Å²) in [5.74, 6) is -0.241. The SMILES string of the molecule is CN(Cc1nc2ccsc2c(=O)[nH]1)C(=O)CCC1NC(=O)NC1=O. The van der Waals surface area contributed by atoms with Gasteiger partial charge >= 0.3 is 6.03 Å². The fourth-order valence-corrected chi connectivity index (χ4v) is 3.16. The van der Waals surface area contributed by atoms with Gasteiger partial charge in [-0.1, -0.05) is 0 Å². The molecular formula is C14H15N5O4S. The summed E-state index contributed by atoms with van der Waals surface area (Å²) in [4.78, 5) is 54.9. The molecule has 9 nitrogen and oxygen atoms in total. The Labute approximate surface area is 140 Å². The Hall–Kier alpha value is -2.75. The number of H-pyrrole nitrogens is 1. The van der Waals surface area contributed by atoms with Crippen molar-refractivity contribution in [3.8, 4) is 0 Å². The molecule has 1 fully saturated rings. The molecule has 3 rings (SSSR count). The van der Waals surface area contributed by atoms with Crippen LogP contribution in [0, 0.1) is 0 Å². The van der Waals surface area contributed by atoms with E-state index in [2.05, 4.69) is 20.6 Å². The molecule has 0 bridgehead atoms. The van der Waals surface area contributed by atoms with Gasteiger partial charge in [0, 0.05) is 13.5 Å². The molecule has 1 saturated heterocycles. The van der Waals surface area contributed by atoms with E-state index in [0.29, 0.717) is 16.0 Å². The number of nitrogens with one attached hydrogen (secondary N) is 3. The van der Waals surface area contributed by atoms with E-state index in [1.165, 1.54) is 16.2 Å². The predicted octanol–water partition coefficient (Wildman–Crippen LogP) is -0.0688. The van der Waals surface area contributed by atoms with Crippen molar-refractivity contribution in [1.82, 2.24) is 25.5 Å². The molecule has 0 aliphatic carbocycles. The summed E-state index contributed by atoms with van der Waals surface area (Å²) in [6.07, 6.45) is 0.314. The molecule has 24 heavy (non-hydrogen) atoms. The molecule has 4 amide bonds. The second kappa shape index (κ2) is 6.40. The Morgan fingerprint density at radius 3 is 2.88 bits per heavy atom. The van der Waals surface area contributed by atoms with Crippen LogP contribution in [0.15, 0.2) is 16.2 Å². The van der Waals surface area contributed by atoms with Gasteiger partial charge in [-0.3, -0.25) is 19.7 Å². The molecule has 3 N–H and O–H groups in total. The molecule has 2 aromatic rings. The lowest BCUT2D eigenvalue weighted by atomic mass is 10.1. The Balaban J connectivity index is 1.60. The lowest BCUT2D eigenvalue weighted by Gasteiger charge is -2.17. The zero-order valence-corrected chi connectivity index (χ0v) is 13.6. The maximum absolute atomic E-state index is 12.2. The fourth-order valence-electron chi connectivity index (χ4n) is 2.43. The maximum Gasteiger partial charge on any atom is 0.322 e. The number of fused-ring (bicyclic) bond motifs is 1. The zero-order chi connectivity index (χ0) is 17.3. The fraction of sp³-hybridized carbons (Fsp3) is 0.357. The Bertz CT molecular complexity index is 873. The van der Waals surface area contributed by atoms with Crippen molar-refractivity contribution in [1.29, 1.82) is 0 Å². The predicted molar refractivity (Wildman–Crippen MR) is 86.4 cm³/mol. The highest BCUT2D eigenvalue weighted by atomic mass is 32.1. The van der Waals surface area contributed by atoms with E-state index in [0.717, 1.165) is 0 Å². The van der Waals surface area contributed by atoms with E-state index in [9.17, 15) is 19.2 Å². The largest absolute Gasteiger partial charge is 0.338 e. The van der Waals surface area contributed by atoms with E-state index in [4.69, 9.17) is 0 Å². The molecule has 1 aliphatic rings. The second-order valence-electron chi connectivity index (χ2n) is 5.45. The van der Waals surface area contributed by atoms with Crippen LogP contribution in [-0.4, -0.2) is 45.8 Å². The molecule has 1 aliphatic heterocycles. The topological polar surface area (TPSA) is 124 Å². The van der Waals surface area contributed by atoms with Crippen LogP contribution in [0.3, 0.4) is 0 Å². The van der Waals surface area contributed by atoms with Crippen LogP contribution >= 0.6 is 11.3 Å². The number of aromatic nitrogens is 2. The lowest BCUT2D eigenvalue weighted by molar-refractivity contribution is -0.130. The van der Waals surface area contributed by atoms with Gasteiger partial charge in [-0.2, -0.15) is 0 Å². The van der Waals surface area contributed by atoms with Crippen molar-refractivity contribution < 1.29 is 14.4 Å². The minimum absolute atomic E-state index is 0.0970.